The summed E-state index contributed by atoms with van der Waals surface area (Å²) in [5.41, 5.74) is 0.133. The number of amides is 2. The topological polar surface area (TPSA) is 126 Å². The Bertz CT molecular complexity index is 576. The zero-order chi connectivity index (χ0) is 16.5. The summed E-state index contributed by atoms with van der Waals surface area (Å²) in [4.78, 5) is 56.0. The smallest absolute Gasteiger partial charge is 0.327 e. The molecular weight excluding hydrogens is 296 g/mol. The Balaban J connectivity index is 2.78. The van der Waals surface area contributed by atoms with Crippen molar-refractivity contribution in [3.63, 3.8) is 0 Å². The average molecular weight is 308 g/mol. The third-order valence-electron chi connectivity index (χ3n) is 2.53. The molecule has 0 atom stereocenters. The molecular formula is C12H12N4O6. The Kier molecular flexibility index (Phi) is 6.29. The van der Waals surface area contributed by atoms with Gasteiger partial charge in [-0.1, -0.05) is 18.2 Å². The van der Waals surface area contributed by atoms with E-state index in [9.17, 15) is 24.2 Å². The van der Waals surface area contributed by atoms with Gasteiger partial charge >= 0.3 is 5.97 Å². The number of hydrogen-bond donors (Lipinski definition) is 0. The van der Waals surface area contributed by atoms with Crippen molar-refractivity contribution in [2.45, 2.75) is 0 Å². The number of nitroso groups, excluding NO2 is 2. The molecule has 0 aromatic heterocycles. The lowest BCUT2D eigenvalue weighted by atomic mass is 10.2. The van der Waals surface area contributed by atoms with Gasteiger partial charge < -0.3 is 4.74 Å². The molecule has 0 aliphatic rings. The van der Waals surface area contributed by atoms with Gasteiger partial charge in [0.2, 0.25) is 0 Å². The van der Waals surface area contributed by atoms with E-state index in [4.69, 9.17) is 0 Å². The monoisotopic (exact) mass is 308 g/mol. The van der Waals surface area contributed by atoms with E-state index in [1.165, 1.54) is 12.1 Å². The van der Waals surface area contributed by atoms with Crippen molar-refractivity contribution in [1.82, 2.24) is 10.0 Å². The Morgan fingerprint density at radius 2 is 1.59 bits per heavy atom. The molecule has 0 fully saturated rings. The largest absolute Gasteiger partial charge is 0.468 e. The van der Waals surface area contributed by atoms with Gasteiger partial charge in [0.15, 0.2) is 0 Å². The van der Waals surface area contributed by atoms with Crippen molar-refractivity contribution in [2.24, 2.45) is 10.6 Å². The molecule has 22 heavy (non-hydrogen) atoms. The van der Waals surface area contributed by atoms with Crippen LogP contribution in [0.2, 0.25) is 0 Å². The van der Waals surface area contributed by atoms with Crippen LogP contribution in [-0.2, 0) is 14.3 Å². The van der Waals surface area contributed by atoms with Gasteiger partial charge in [0.25, 0.3) is 11.8 Å². The van der Waals surface area contributed by atoms with Crippen molar-refractivity contribution < 1.29 is 19.1 Å². The predicted molar refractivity (Wildman–Crippen MR) is 72.8 cm³/mol. The number of rotatable bonds is 7. The normalized spacial score (nSPS) is 9.50. The lowest BCUT2D eigenvalue weighted by molar-refractivity contribution is -0.147. The highest BCUT2D eigenvalue weighted by atomic mass is 16.5. The number of ether oxygens (including phenoxy) is 1. The molecule has 116 valence electrons. The van der Waals surface area contributed by atoms with Crippen molar-refractivity contribution in [1.29, 1.82) is 0 Å². The Hall–Kier alpha value is -3.17. The minimum Gasteiger partial charge on any atom is -0.468 e. The van der Waals surface area contributed by atoms with Gasteiger partial charge in [-0.25, -0.2) is 0 Å². The molecule has 2 amide bonds. The maximum atomic E-state index is 12.0. The number of nitrogens with zero attached hydrogens (tertiary/aromatic N) is 4. The standard InChI is InChI=1S/C12H12N4O6/c1-22-11(18)8-15(13-20)10(17)7-16(14-21)12(19)9-5-3-2-4-6-9/h2-6H,7-8H2,1H3. The van der Waals surface area contributed by atoms with E-state index in [2.05, 4.69) is 15.3 Å². The highest BCUT2D eigenvalue weighted by Gasteiger charge is 2.25. The van der Waals surface area contributed by atoms with Gasteiger partial charge in [-0.15, -0.1) is 9.81 Å². The van der Waals surface area contributed by atoms with Crippen LogP contribution in [0.15, 0.2) is 40.9 Å². The van der Waals surface area contributed by atoms with Crippen LogP contribution in [0.3, 0.4) is 0 Å². The van der Waals surface area contributed by atoms with Crippen LogP contribution in [0.25, 0.3) is 0 Å². The van der Waals surface area contributed by atoms with E-state index in [1.807, 2.05) is 0 Å². The number of methoxy groups -OCH3 is 1. The van der Waals surface area contributed by atoms with E-state index in [0.717, 1.165) is 7.11 Å². The van der Waals surface area contributed by atoms with Crippen LogP contribution in [-0.4, -0.2) is 48.0 Å². The fourth-order valence-corrected chi connectivity index (χ4v) is 1.43. The zero-order valence-electron chi connectivity index (χ0n) is 11.5. The van der Waals surface area contributed by atoms with Crippen molar-refractivity contribution in [3.05, 3.63) is 45.7 Å². The molecule has 1 aromatic rings. The lowest BCUT2D eigenvalue weighted by Crippen LogP contribution is -2.40. The van der Waals surface area contributed by atoms with Crippen molar-refractivity contribution in [3.8, 4) is 0 Å². The first-order valence-electron chi connectivity index (χ1n) is 5.94. The summed E-state index contributed by atoms with van der Waals surface area (Å²) < 4.78 is 4.28. The lowest BCUT2D eigenvalue weighted by Gasteiger charge is -2.16. The SMILES string of the molecule is COC(=O)CN(N=O)C(=O)CN(N=O)C(=O)c1ccccc1. The third kappa shape index (κ3) is 4.44. The first-order valence-corrected chi connectivity index (χ1v) is 5.94. The van der Waals surface area contributed by atoms with Crippen LogP contribution in [0.4, 0.5) is 0 Å². The first kappa shape index (κ1) is 16.9. The molecule has 0 aliphatic heterocycles. The van der Waals surface area contributed by atoms with Gasteiger partial charge in [0.05, 0.1) is 17.7 Å². The average Bonchev–Trinajstić information content (AvgIpc) is 2.57. The molecule has 0 N–H and O–H groups in total. The molecule has 0 saturated carbocycles. The van der Waals surface area contributed by atoms with Crippen molar-refractivity contribution >= 4 is 17.8 Å². The second kappa shape index (κ2) is 8.19. The quantitative estimate of drug-likeness (QED) is 0.410. The number of carbonyl (C=O) groups excluding carboxylic acids is 3. The Morgan fingerprint density at radius 3 is 2.09 bits per heavy atom. The molecule has 0 bridgehead atoms. The molecule has 0 aliphatic carbocycles. The van der Waals surface area contributed by atoms with E-state index in [0.29, 0.717) is 5.01 Å². The molecule has 10 nitrogen and oxygen atoms in total. The van der Waals surface area contributed by atoms with Crippen LogP contribution in [0.5, 0.6) is 0 Å². The fourth-order valence-electron chi connectivity index (χ4n) is 1.43. The maximum Gasteiger partial charge on any atom is 0.327 e. The van der Waals surface area contributed by atoms with Gasteiger partial charge in [0, 0.05) is 5.56 Å². The Labute approximate surface area is 124 Å². The molecule has 1 aromatic carbocycles. The van der Waals surface area contributed by atoms with Gasteiger partial charge in [-0.3, -0.25) is 14.4 Å². The highest BCUT2D eigenvalue weighted by Crippen LogP contribution is 2.06. The van der Waals surface area contributed by atoms with Crippen LogP contribution >= 0.6 is 0 Å². The summed E-state index contributed by atoms with van der Waals surface area (Å²) >= 11 is 0. The first-order chi connectivity index (χ1) is 10.5. The second-order valence-electron chi connectivity index (χ2n) is 3.92. The van der Waals surface area contributed by atoms with E-state index in [1.54, 1.807) is 18.2 Å². The van der Waals surface area contributed by atoms with Gasteiger partial charge in [-0.2, -0.15) is 10.0 Å². The Morgan fingerprint density at radius 1 is 1.00 bits per heavy atom. The maximum absolute atomic E-state index is 12.0. The number of hydrogen-bond acceptors (Lipinski definition) is 8. The summed E-state index contributed by atoms with van der Waals surface area (Å²) in [5.74, 6) is -2.76. The number of carbonyl (C=O) groups is 3. The summed E-state index contributed by atoms with van der Waals surface area (Å²) in [6.45, 7) is -1.56. The van der Waals surface area contributed by atoms with Gasteiger partial charge in [-0.05, 0) is 12.1 Å². The molecule has 0 saturated heterocycles. The molecule has 10 heteroatoms. The van der Waals surface area contributed by atoms with Crippen LogP contribution in [0, 0.1) is 9.81 Å². The van der Waals surface area contributed by atoms with Crippen molar-refractivity contribution in [2.75, 3.05) is 20.2 Å². The molecule has 1 rings (SSSR count). The third-order valence-corrected chi connectivity index (χ3v) is 2.53. The fraction of sp³-hybridized carbons (Fsp3) is 0.250. The highest BCUT2D eigenvalue weighted by molar-refractivity contribution is 5.96. The summed E-state index contributed by atoms with van der Waals surface area (Å²) in [7, 11) is 1.06. The van der Waals surface area contributed by atoms with Crippen LogP contribution < -0.4 is 0 Å². The predicted octanol–water partition coefficient (Wildman–Crippen LogP) is 0.493. The van der Waals surface area contributed by atoms with E-state index < -0.39 is 30.9 Å². The molecule has 0 heterocycles. The molecule has 0 radical (unpaired) electrons. The number of esters is 1. The summed E-state index contributed by atoms with van der Waals surface area (Å²) in [6.07, 6.45) is 0. The zero-order valence-corrected chi connectivity index (χ0v) is 11.5. The second-order valence-corrected chi connectivity index (χ2v) is 3.92. The minimum atomic E-state index is -1.05. The minimum absolute atomic E-state index is 0.133. The summed E-state index contributed by atoms with van der Waals surface area (Å²) in [6, 6.07) is 7.64. The molecule has 0 unspecified atom stereocenters. The van der Waals surface area contributed by atoms with E-state index >= 15 is 0 Å². The summed E-state index contributed by atoms with van der Waals surface area (Å²) in [5, 5.41) is 5.36. The van der Waals surface area contributed by atoms with Gasteiger partial charge in [0.1, 0.15) is 13.1 Å². The number of benzene rings is 1. The van der Waals surface area contributed by atoms with Crippen LogP contribution in [0.1, 0.15) is 10.4 Å². The molecule has 0 spiro atoms. The van der Waals surface area contributed by atoms with E-state index in [-0.39, 0.29) is 10.6 Å².